The van der Waals surface area contributed by atoms with Gasteiger partial charge in [-0.05, 0) is 43.5 Å². The molecule has 0 saturated carbocycles. The highest BCUT2D eigenvalue weighted by molar-refractivity contribution is 5.30. The second kappa shape index (κ2) is 8.28. The van der Waals surface area contributed by atoms with Crippen LogP contribution in [0.25, 0.3) is 0 Å². The van der Waals surface area contributed by atoms with E-state index in [1.807, 2.05) is 6.07 Å². The summed E-state index contributed by atoms with van der Waals surface area (Å²) in [5.41, 5.74) is 1.32. The van der Waals surface area contributed by atoms with E-state index in [4.69, 9.17) is 9.47 Å². The third-order valence-electron chi connectivity index (χ3n) is 3.82. The first kappa shape index (κ1) is 15.3. The molecule has 0 amide bonds. The molecule has 0 aromatic heterocycles. The molecular formula is C17H27NO2. The van der Waals surface area contributed by atoms with Crippen LogP contribution in [-0.4, -0.2) is 26.4 Å². The van der Waals surface area contributed by atoms with Gasteiger partial charge in [-0.3, -0.25) is 0 Å². The van der Waals surface area contributed by atoms with Crippen molar-refractivity contribution < 1.29 is 9.47 Å². The van der Waals surface area contributed by atoms with E-state index < -0.39 is 0 Å². The standard InChI is InChI=1S/C17H27NO2/c1-3-9-18-17(4-2)15-6-5-7-16(11-15)20-13-14-8-10-19-12-14/h5-7,11,14,17-18H,3-4,8-10,12-13H2,1-2H3. The van der Waals surface area contributed by atoms with Gasteiger partial charge in [-0.2, -0.15) is 0 Å². The molecule has 0 bridgehead atoms. The Kier molecular flexibility index (Phi) is 6.34. The Morgan fingerprint density at radius 2 is 2.30 bits per heavy atom. The summed E-state index contributed by atoms with van der Waals surface area (Å²) in [5.74, 6) is 1.53. The fourth-order valence-electron chi connectivity index (χ4n) is 2.57. The Hall–Kier alpha value is -1.06. The normalized spacial score (nSPS) is 20.0. The fraction of sp³-hybridized carbons (Fsp3) is 0.647. The van der Waals surface area contributed by atoms with E-state index in [-0.39, 0.29) is 0 Å². The highest BCUT2D eigenvalue weighted by Gasteiger charge is 2.16. The molecule has 1 heterocycles. The highest BCUT2D eigenvalue weighted by Crippen LogP contribution is 2.23. The zero-order valence-corrected chi connectivity index (χ0v) is 12.7. The molecule has 1 aliphatic rings. The number of nitrogens with one attached hydrogen (secondary N) is 1. The van der Waals surface area contributed by atoms with Crippen molar-refractivity contribution in [2.24, 2.45) is 5.92 Å². The van der Waals surface area contributed by atoms with E-state index in [9.17, 15) is 0 Å². The van der Waals surface area contributed by atoms with Crippen LogP contribution in [0.5, 0.6) is 5.75 Å². The van der Waals surface area contributed by atoms with Crippen molar-refractivity contribution in [3.05, 3.63) is 29.8 Å². The zero-order chi connectivity index (χ0) is 14.2. The number of hydrogen-bond acceptors (Lipinski definition) is 3. The predicted molar refractivity (Wildman–Crippen MR) is 82.2 cm³/mol. The molecule has 2 atom stereocenters. The molecule has 112 valence electrons. The minimum absolute atomic E-state index is 0.424. The average Bonchev–Trinajstić information content (AvgIpc) is 3.00. The molecule has 1 aromatic carbocycles. The van der Waals surface area contributed by atoms with Crippen LogP contribution in [-0.2, 0) is 4.74 Å². The van der Waals surface area contributed by atoms with Crippen LogP contribution in [0.4, 0.5) is 0 Å². The molecule has 2 rings (SSSR count). The van der Waals surface area contributed by atoms with Gasteiger partial charge in [-0.1, -0.05) is 26.0 Å². The quantitative estimate of drug-likeness (QED) is 0.788. The molecule has 3 nitrogen and oxygen atoms in total. The van der Waals surface area contributed by atoms with E-state index >= 15 is 0 Å². The molecule has 1 fully saturated rings. The van der Waals surface area contributed by atoms with Gasteiger partial charge in [0.1, 0.15) is 5.75 Å². The van der Waals surface area contributed by atoms with Crippen LogP contribution in [0, 0.1) is 5.92 Å². The number of rotatable bonds is 8. The monoisotopic (exact) mass is 277 g/mol. The van der Waals surface area contributed by atoms with Gasteiger partial charge < -0.3 is 14.8 Å². The van der Waals surface area contributed by atoms with Gasteiger partial charge in [-0.15, -0.1) is 0 Å². The first-order valence-corrected chi connectivity index (χ1v) is 7.87. The van der Waals surface area contributed by atoms with Crippen molar-refractivity contribution in [3.63, 3.8) is 0 Å². The summed E-state index contributed by atoms with van der Waals surface area (Å²) < 4.78 is 11.3. The SMILES string of the molecule is CCCNC(CC)c1cccc(OCC2CCOC2)c1. The van der Waals surface area contributed by atoms with E-state index in [2.05, 4.69) is 37.4 Å². The Morgan fingerprint density at radius 1 is 1.40 bits per heavy atom. The van der Waals surface area contributed by atoms with E-state index in [1.165, 1.54) is 5.56 Å². The van der Waals surface area contributed by atoms with Crippen molar-refractivity contribution in [2.75, 3.05) is 26.4 Å². The smallest absolute Gasteiger partial charge is 0.119 e. The minimum atomic E-state index is 0.424. The van der Waals surface area contributed by atoms with Crippen molar-refractivity contribution in [1.82, 2.24) is 5.32 Å². The summed E-state index contributed by atoms with van der Waals surface area (Å²) in [7, 11) is 0. The molecule has 20 heavy (non-hydrogen) atoms. The highest BCUT2D eigenvalue weighted by atomic mass is 16.5. The van der Waals surface area contributed by atoms with E-state index in [0.717, 1.165) is 51.4 Å². The number of benzene rings is 1. The first-order valence-electron chi connectivity index (χ1n) is 7.87. The summed E-state index contributed by atoms with van der Waals surface area (Å²) in [6, 6.07) is 8.92. The molecular weight excluding hydrogens is 250 g/mol. The third-order valence-corrected chi connectivity index (χ3v) is 3.82. The maximum Gasteiger partial charge on any atom is 0.119 e. The second-order valence-corrected chi connectivity index (χ2v) is 5.53. The molecule has 2 unspecified atom stereocenters. The lowest BCUT2D eigenvalue weighted by Crippen LogP contribution is -2.21. The van der Waals surface area contributed by atoms with Crippen molar-refractivity contribution >= 4 is 0 Å². The largest absolute Gasteiger partial charge is 0.493 e. The fourth-order valence-corrected chi connectivity index (χ4v) is 2.57. The second-order valence-electron chi connectivity index (χ2n) is 5.53. The molecule has 1 saturated heterocycles. The average molecular weight is 277 g/mol. The topological polar surface area (TPSA) is 30.5 Å². The van der Waals surface area contributed by atoms with Gasteiger partial charge in [0, 0.05) is 18.6 Å². The van der Waals surface area contributed by atoms with Gasteiger partial charge in [0.05, 0.1) is 13.2 Å². The van der Waals surface area contributed by atoms with Gasteiger partial charge in [-0.25, -0.2) is 0 Å². The maximum atomic E-state index is 5.92. The van der Waals surface area contributed by atoms with Crippen LogP contribution in [0.1, 0.15) is 44.7 Å². The van der Waals surface area contributed by atoms with E-state index in [1.54, 1.807) is 0 Å². The Balaban J connectivity index is 1.91. The molecule has 1 aromatic rings. The Bertz CT molecular complexity index is 388. The third kappa shape index (κ3) is 4.50. The summed E-state index contributed by atoms with van der Waals surface area (Å²) in [5, 5.41) is 3.58. The Morgan fingerprint density at radius 3 is 3.00 bits per heavy atom. The summed E-state index contributed by atoms with van der Waals surface area (Å²) in [6.45, 7) is 7.97. The summed E-state index contributed by atoms with van der Waals surface area (Å²) in [6.07, 6.45) is 3.38. The van der Waals surface area contributed by atoms with Gasteiger partial charge in [0.25, 0.3) is 0 Å². The van der Waals surface area contributed by atoms with Crippen LogP contribution < -0.4 is 10.1 Å². The zero-order valence-electron chi connectivity index (χ0n) is 12.7. The van der Waals surface area contributed by atoms with E-state index in [0.29, 0.717) is 12.0 Å². The molecule has 1 aliphatic heterocycles. The minimum Gasteiger partial charge on any atom is -0.493 e. The van der Waals surface area contributed by atoms with Gasteiger partial charge >= 0.3 is 0 Å². The van der Waals surface area contributed by atoms with Gasteiger partial charge in [0.2, 0.25) is 0 Å². The van der Waals surface area contributed by atoms with Crippen molar-refractivity contribution in [2.45, 2.75) is 39.2 Å². The molecule has 0 aliphatic carbocycles. The molecule has 3 heteroatoms. The summed E-state index contributed by atoms with van der Waals surface area (Å²) in [4.78, 5) is 0. The van der Waals surface area contributed by atoms with Crippen LogP contribution >= 0.6 is 0 Å². The number of ether oxygens (including phenoxy) is 2. The van der Waals surface area contributed by atoms with Crippen LogP contribution in [0.3, 0.4) is 0 Å². The lowest BCUT2D eigenvalue weighted by atomic mass is 10.0. The first-order chi connectivity index (χ1) is 9.83. The molecule has 1 N–H and O–H groups in total. The Labute approximate surface area is 122 Å². The maximum absolute atomic E-state index is 5.92. The lowest BCUT2D eigenvalue weighted by molar-refractivity contribution is 0.167. The molecule has 0 spiro atoms. The van der Waals surface area contributed by atoms with Crippen molar-refractivity contribution in [3.8, 4) is 5.75 Å². The summed E-state index contributed by atoms with van der Waals surface area (Å²) >= 11 is 0. The van der Waals surface area contributed by atoms with Crippen LogP contribution in [0.15, 0.2) is 24.3 Å². The van der Waals surface area contributed by atoms with Crippen LogP contribution in [0.2, 0.25) is 0 Å². The lowest BCUT2D eigenvalue weighted by Gasteiger charge is -2.18. The van der Waals surface area contributed by atoms with Gasteiger partial charge in [0.15, 0.2) is 0 Å². The number of hydrogen-bond donors (Lipinski definition) is 1. The molecule has 0 radical (unpaired) electrons. The predicted octanol–water partition coefficient (Wildman–Crippen LogP) is 3.55. The van der Waals surface area contributed by atoms with Crippen molar-refractivity contribution in [1.29, 1.82) is 0 Å².